The topological polar surface area (TPSA) is 84.9 Å². The van der Waals surface area contributed by atoms with Gasteiger partial charge in [0.15, 0.2) is 0 Å². The third-order valence-electron chi connectivity index (χ3n) is 3.25. The molecule has 0 radical (unpaired) electrons. The van der Waals surface area contributed by atoms with Crippen molar-refractivity contribution in [3.05, 3.63) is 23.0 Å². The Morgan fingerprint density at radius 2 is 2.33 bits per heavy atom. The van der Waals surface area contributed by atoms with Gasteiger partial charge in [0.2, 0.25) is 0 Å². The normalized spacial score (nSPS) is 17.3. The monoisotopic (exact) mass is 309 g/mol. The highest BCUT2D eigenvalue weighted by Crippen LogP contribution is 2.19. The Morgan fingerprint density at radius 1 is 1.57 bits per heavy atom. The molecule has 0 amide bonds. The van der Waals surface area contributed by atoms with Crippen LogP contribution in [0.25, 0.3) is 0 Å². The third-order valence-corrected chi connectivity index (χ3v) is 3.46. The lowest BCUT2D eigenvalue weighted by atomic mass is 10.1. The molecule has 3 N–H and O–H groups in total. The van der Waals surface area contributed by atoms with Gasteiger partial charge in [-0.1, -0.05) is 11.6 Å². The summed E-state index contributed by atoms with van der Waals surface area (Å²) >= 11 is 5.93. The molecule has 7 heteroatoms. The first kappa shape index (κ1) is 15.7. The van der Waals surface area contributed by atoms with Crippen molar-refractivity contribution >= 4 is 29.2 Å². The van der Waals surface area contributed by atoms with Crippen LogP contribution in [0.1, 0.15) is 25.3 Å². The zero-order chi connectivity index (χ0) is 15.1. The van der Waals surface area contributed by atoms with E-state index in [1.807, 2.05) is 6.92 Å². The van der Waals surface area contributed by atoms with Crippen LogP contribution in [0.5, 0.6) is 0 Å². The van der Waals surface area contributed by atoms with Gasteiger partial charge in [0, 0.05) is 43.4 Å². The fraction of sp³-hybridized carbons (Fsp3) is 0.500. The highest BCUT2D eigenvalue weighted by molar-refractivity contribution is 6.39. The number of pyridine rings is 1. The number of rotatable bonds is 5. The van der Waals surface area contributed by atoms with E-state index in [2.05, 4.69) is 20.4 Å². The van der Waals surface area contributed by atoms with Crippen LogP contribution in [-0.4, -0.2) is 42.7 Å². The van der Waals surface area contributed by atoms with E-state index >= 15 is 0 Å². The minimum absolute atomic E-state index is 0.262. The first-order chi connectivity index (χ1) is 10.2. The molecule has 2 rings (SSSR count). The first-order valence-corrected chi connectivity index (χ1v) is 7.41. The Balaban J connectivity index is 2.19. The van der Waals surface area contributed by atoms with Crippen molar-refractivity contribution < 1.29 is 4.74 Å². The molecule has 0 atom stereocenters. The van der Waals surface area contributed by atoms with E-state index in [1.165, 1.54) is 0 Å². The van der Waals surface area contributed by atoms with Crippen LogP contribution in [0.15, 0.2) is 22.4 Å². The van der Waals surface area contributed by atoms with E-state index in [9.17, 15) is 0 Å². The lowest BCUT2D eigenvalue weighted by Crippen LogP contribution is -2.20. The van der Waals surface area contributed by atoms with Crippen molar-refractivity contribution in [3.8, 4) is 0 Å². The molecule has 0 spiro atoms. The van der Waals surface area contributed by atoms with Crippen molar-refractivity contribution in [1.29, 1.82) is 0 Å². The Hall–Kier alpha value is -1.66. The molecular weight excluding hydrogens is 290 g/mol. The van der Waals surface area contributed by atoms with Gasteiger partial charge in [0.05, 0.1) is 6.04 Å². The maximum atomic E-state index is 5.93. The summed E-state index contributed by atoms with van der Waals surface area (Å²) in [5.74, 6) is 5.51. The smallest absolute Gasteiger partial charge is 0.131 e. The summed E-state index contributed by atoms with van der Waals surface area (Å²) in [6, 6.07) is 2.02. The molecule has 0 aromatic carbocycles. The van der Waals surface area contributed by atoms with Crippen LogP contribution in [0, 0.1) is 0 Å². The summed E-state index contributed by atoms with van der Waals surface area (Å²) in [7, 11) is 0. The Kier molecular flexibility index (Phi) is 5.95. The molecule has 1 aliphatic rings. The summed E-state index contributed by atoms with van der Waals surface area (Å²) in [6.45, 7) is 4.28. The Morgan fingerprint density at radius 3 is 3.00 bits per heavy atom. The fourth-order valence-corrected chi connectivity index (χ4v) is 2.31. The zero-order valence-electron chi connectivity index (χ0n) is 12.1. The highest BCUT2D eigenvalue weighted by atomic mass is 35.5. The molecule has 21 heavy (non-hydrogen) atoms. The average Bonchev–Trinajstić information content (AvgIpc) is 2.51. The number of hydrogen-bond donors (Lipinski definition) is 2. The van der Waals surface area contributed by atoms with E-state index < -0.39 is 0 Å². The Labute approximate surface area is 129 Å². The molecule has 1 fully saturated rings. The van der Waals surface area contributed by atoms with Crippen LogP contribution < -0.4 is 11.2 Å². The number of nitrogens with zero attached hydrogens (tertiary/aromatic N) is 3. The molecule has 0 saturated carbocycles. The van der Waals surface area contributed by atoms with Crippen molar-refractivity contribution in [1.82, 2.24) is 4.98 Å². The van der Waals surface area contributed by atoms with Gasteiger partial charge in [-0.25, -0.2) is 4.98 Å². The quantitative estimate of drug-likeness (QED) is 0.377. The van der Waals surface area contributed by atoms with Gasteiger partial charge in [0.25, 0.3) is 0 Å². The molecule has 1 aromatic rings. The van der Waals surface area contributed by atoms with Crippen molar-refractivity contribution in [2.75, 3.05) is 25.1 Å². The third kappa shape index (κ3) is 4.41. The van der Waals surface area contributed by atoms with Gasteiger partial charge < -0.3 is 15.9 Å². The average molecular weight is 310 g/mol. The minimum Gasteiger partial charge on any atom is -0.385 e. The van der Waals surface area contributed by atoms with E-state index in [-0.39, 0.29) is 6.04 Å². The van der Waals surface area contributed by atoms with Crippen LogP contribution in [-0.2, 0) is 4.74 Å². The second-order valence-electron chi connectivity index (χ2n) is 4.72. The molecule has 2 heterocycles. The van der Waals surface area contributed by atoms with Gasteiger partial charge in [-0.2, -0.15) is 5.10 Å². The van der Waals surface area contributed by atoms with Gasteiger partial charge >= 0.3 is 0 Å². The van der Waals surface area contributed by atoms with Crippen LogP contribution in [0.2, 0.25) is 5.15 Å². The van der Waals surface area contributed by atoms with E-state index in [4.69, 9.17) is 22.2 Å². The molecule has 1 aliphatic heterocycles. The summed E-state index contributed by atoms with van der Waals surface area (Å²) in [5.41, 5.74) is 2.22. The molecule has 1 aromatic heterocycles. The number of hydrazone groups is 1. The van der Waals surface area contributed by atoms with E-state index in [1.54, 1.807) is 18.5 Å². The standard InChI is InChI=1S/C14H20ClN5O/c1-2-17-12-7-14(15)19-8-11(12)13(20-16)9-18-10-3-5-21-6-4-10/h7-10H,2-6,16H2,1H3,(H,17,19). The zero-order valence-corrected chi connectivity index (χ0v) is 12.8. The van der Waals surface area contributed by atoms with Crippen molar-refractivity contribution in [3.63, 3.8) is 0 Å². The minimum atomic E-state index is 0.262. The summed E-state index contributed by atoms with van der Waals surface area (Å²) < 4.78 is 5.32. The summed E-state index contributed by atoms with van der Waals surface area (Å²) in [4.78, 5) is 8.64. The molecule has 114 valence electrons. The van der Waals surface area contributed by atoms with Gasteiger partial charge in [-0.05, 0) is 25.8 Å². The molecule has 1 saturated heterocycles. The van der Waals surface area contributed by atoms with Crippen molar-refractivity contribution in [2.24, 2.45) is 15.9 Å². The molecule has 0 bridgehead atoms. The number of aromatic nitrogens is 1. The predicted molar refractivity (Wildman–Crippen MR) is 86.5 cm³/mol. The van der Waals surface area contributed by atoms with Gasteiger partial charge in [-0.15, -0.1) is 0 Å². The Bertz CT molecular complexity index is 526. The fourth-order valence-electron chi connectivity index (χ4n) is 2.15. The molecule has 0 unspecified atom stereocenters. The number of anilines is 1. The van der Waals surface area contributed by atoms with Crippen LogP contribution in [0.3, 0.4) is 0 Å². The number of ether oxygens (including phenoxy) is 1. The first-order valence-electron chi connectivity index (χ1n) is 7.03. The molecule has 0 aliphatic carbocycles. The second kappa shape index (κ2) is 7.95. The summed E-state index contributed by atoms with van der Waals surface area (Å²) in [6.07, 6.45) is 5.21. The van der Waals surface area contributed by atoms with E-state index in [0.717, 1.165) is 43.9 Å². The number of aliphatic imine (C=N–C) groups is 1. The number of hydrogen-bond acceptors (Lipinski definition) is 6. The van der Waals surface area contributed by atoms with Crippen LogP contribution in [0.4, 0.5) is 5.69 Å². The van der Waals surface area contributed by atoms with Crippen molar-refractivity contribution in [2.45, 2.75) is 25.8 Å². The number of nitrogens with one attached hydrogen (secondary N) is 1. The number of halogens is 1. The maximum Gasteiger partial charge on any atom is 0.131 e. The number of nitrogens with two attached hydrogens (primary N) is 1. The lowest BCUT2D eigenvalue weighted by molar-refractivity contribution is 0.0872. The summed E-state index contributed by atoms with van der Waals surface area (Å²) in [5, 5.41) is 7.48. The predicted octanol–water partition coefficient (Wildman–Crippen LogP) is 2.08. The molecule has 6 nitrogen and oxygen atoms in total. The molecular formula is C14H20ClN5O. The second-order valence-corrected chi connectivity index (χ2v) is 5.11. The lowest BCUT2D eigenvalue weighted by Gasteiger charge is -2.18. The van der Waals surface area contributed by atoms with Gasteiger partial charge in [-0.3, -0.25) is 4.99 Å². The SMILES string of the molecule is CCNc1cc(Cl)ncc1C(C=NC1CCOCC1)=NN. The van der Waals surface area contributed by atoms with Gasteiger partial charge in [0.1, 0.15) is 10.9 Å². The largest absolute Gasteiger partial charge is 0.385 e. The van der Waals surface area contributed by atoms with Crippen LogP contribution >= 0.6 is 11.6 Å². The highest BCUT2D eigenvalue weighted by Gasteiger charge is 2.13. The maximum absolute atomic E-state index is 5.93. The van der Waals surface area contributed by atoms with E-state index in [0.29, 0.717) is 10.9 Å².